The van der Waals surface area contributed by atoms with E-state index >= 15 is 0 Å². The summed E-state index contributed by atoms with van der Waals surface area (Å²) in [6, 6.07) is 2.03. The van der Waals surface area contributed by atoms with Gasteiger partial charge in [-0.25, -0.2) is 0 Å². The quantitative estimate of drug-likeness (QED) is 0.644. The van der Waals surface area contributed by atoms with E-state index in [9.17, 15) is 28.1 Å². The van der Waals surface area contributed by atoms with Crippen LogP contribution >= 0.6 is 12.4 Å². The maximum atomic E-state index is 12.7. The minimum absolute atomic E-state index is 0. The highest BCUT2D eigenvalue weighted by Gasteiger charge is 2.40. The molecule has 0 saturated carbocycles. The van der Waals surface area contributed by atoms with Gasteiger partial charge in [-0.1, -0.05) is 0 Å². The zero-order valence-corrected chi connectivity index (χ0v) is 13.2. The number of nitrogens with one attached hydrogen (secondary N) is 1. The summed E-state index contributed by atoms with van der Waals surface area (Å²) in [5.74, 6) is 0.0136. The summed E-state index contributed by atoms with van der Waals surface area (Å²) in [7, 11) is 0. The second-order valence-electron chi connectivity index (χ2n) is 5.88. The number of nitro benzene ring substituents is 1. The molecule has 2 aliphatic heterocycles. The molecule has 0 bridgehead atoms. The van der Waals surface area contributed by atoms with Crippen molar-refractivity contribution in [3.63, 3.8) is 0 Å². The molecule has 1 aromatic carbocycles. The number of benzene rings is 1. The van der Waals surface area contributed by atoms with Crippen LogP contribution in [0.2, 0.25) is 0 Å². The molecule has 132 valence electrons. The average molecular weight is 366 g/mol. The van der Waals surface area contributed by atoms with Gasteiger partial charge in [-0.05, 0) is 24.0 Å². The van der Waals surface area contributed by atoms with Crippen molar-refractivity contribution in [1.29, 1.82) is 0 Å². The first kappa shape index (κ1) is 18.5. The number of rotatable bonds is 2. The predicted octanol–water partition coefficient (Wildman–Crippen LogP) is 2.33. The molecule has 2 fully saturated rings. The van der Waals surface area contributed by atoms with Crippen molar-refractivity contribution < 1.29 is 22.9 Å². The molecule has 1 amide bonds. The highest BCUT2D eigenvalue weighted by atomic mass is 35.5. The maximum absolute atomic E-state index is 12.7. The van der Waals surface area contributed by atoms with Crippen molar-refractivity contribution in [2.75, 3.05) is 26.2 Å². The van der Waals surface area contributed by atoms with Crippen molar-refractivity contribution in [2.45, 2.75) is 6.18 Å². The van der Waals surface area contributed by atoms with Gasteiger partial charge in [-0.2, -0.15) is 13.2 Å². The van der Waals surface area contributed by atoms with Gasteiger partial charge in [0.05, 0.1) is 10.5 Å². The van der Waals surface area contributed by atoms with Gasteiger partial charge in [0, 0.05) is 32.2 Å². The summed E-state index contributed by atoms with van der Waals surface area (Å²) in [5, 5.41) is 14.3. The van der Waals surface area contributed by atoms with Crippen molar-refractivity contribution >= 4 is 24.0 Å². The Kier molecular flexibility index (Phi) is 5.05. The number of carbonyl (C=O) groups excluding carboxylic acids is 1. The van der Waals surface area contributed by atoms with Crippen molar-refractivity contribution in [2.24, 2.45) is 11.8 Å². The first-order valence-corrected chi connectivity index (χ1v) is 7.13. The van der Waals surface area contributed by atoms with Crippen LogP contribution in [0.1, 0.15) is 15.9 Å². The molecule has 0 radical (unpaired) electrons. The van der Waals surface area contributed by atoms with Gasteiger partial charge in [0.15, 0.2) is 0 Å². The minimum atomic E-state index is -4.69. The predicted molar refractivity (Wildman–Crippen MR) is 81.1 cm³/mol. The molecule has 1 N–H and O–H groups in total. The third-order valence-electron chi connectivity index (χ3n) is 4.43. The Bertz CT molecular complexity index is 656. The minimum Gasteiger partial charge on any atom is -0.338 e. The number of carbonyl (C=O) groups is 1. The molecule has 2 atom stereocenters. The Labute approximate surface area is 141 Å². The van der Waals surface area contributed by atoms with E-state index in [2.05, 4.69) is 5.32 Å². The van der Waals surface area contributed by atoms with Gasteiger partial charge in [-0.3, -0.25) is 14.9 Å². The van der Waals surface area contributed by atoms with E-state index in [1.165, 1.54) is 4.90 Å². The van der Waals surface area contributed by atoms with Crippen molar-refractivity contribution in [3.05, 3.63) is 39.4 Å². The lowest BCUT2D eigenvalue weighted by atomic mass is 10.0. The van der Waals surface area contributed by atoms with E-state index in [-0.39, 0.29) is 18.0 Å². The van der Waals surface area contributed by atoms with E-state index in [0.29, 0.717) is 37.1 Å². The first-order chi connectivity index (χ1) is 10.8. The number of nitrogens with zero attached hydrogens (tertiary/aromatic N) is 2. The zero-order valence-electron chi connectivity index (χ0n) is 12.4. The Morgan fingerprint density at radius 3 is 2.33 bits per heavy atom. The average Bonchev–Trinajstić information content (AvgIpc) is 3.06. The lowest BCUT2D eigenvalue weighted by Gasteiger charge is -2.18. The standard InChI is InChI=1S/C14H14F3N3O3.ClH/c15-14(16,17)10-1-2-11(12(3-10)20(22)23)13(21)19-6-8-4-18-5-9(8)7-19;/h1-3,8-9,18H,4-7H2;1H/t8-,9+;. The van der Waals surface area contributed by atoms with Gasteiger partial charge < -0.3 is 10.2 Å². The van der Waals surface area contributed by atoms with Crippen LogP contribution in [0.15, 0.2) is 18.2 Å². The molecular formula is C14H15ClF3N3O3. The molecule has 1 aromatic rings. The van der Waals surface area contributed by atoms with Crippen LogP contribution < -0.4 is 5.32 Å². The zero-order chi connectivity index (χ0) is 16.8. The Hall–Kier alpha value is -1.87. The van der Waals surface area contributed by atoms with Crippen LogP contribution in [0.3, 0.4) is 0 Å². The molecule has 24 heavy (non-hydrogen) atoms. The molecule has 2 aliphatic rings. The fourth-order valence-electron chi connectivity index (χ4n) is 3.23. The SMILES string of the molecule is Cl.O=C(c1ccc(C(F)(F)F)cc1[N+](=O)[O-])N1C[C@H]2CNC[C@H]2C1. The van der Waals surface area contributed by atoms with E-state index < -0.39 is 28.3 Å². The van der Waals surface area contributed by atoms with Crippen LogP contribution in [0.25, 0.3) is 0 Å². The topological polar surface area (TPSA) is 75.5 Å². The van der Waals surface area contributed by atoms with Gasteiger partial charge >= 0.3 is 6.18 Å². The monoisotopic (exact) mass is 365 g/mol. The van der Waals surface area contributed by atoms with Gasteiger partial charge in [0.25, 0.3) is 11.6 Å². The number of amides is 1. The Balaban J connectivity index is 0.00000208. The molecule has 10 heteroatoms. The summed E-state index contributed by atoms with van der Waals surface area (Å²) >= 11 is 0. The van der Waals surface area contributed by atoms with Crippen molar-refractivity contribution in [1.82, 2.24) is 10.2 Å². The lowest BCUT2D eigenvalue weighted by Crippen LogP contribution is -2.32. The summed E-state index contributed by atoms with van der Waals surface area (Å²) in [6.07, 6.45) is -4.69. The fraction of sp³-hybridized carbons (Fsp3) is 0.500. The van der Waals surface area contributed by atoms with E-state index in [4.69, 9.17) is 0 Å². The van der Waals surface area contributed by atoms with Crippen molar-refractivity contribution in [3.8, 4) is 0 Å². The normalized spacial score (nSPS) is 22.9. The number of likely N-dealkylation sites (tertiary alicyclic amines) is 1. The lowest BCUT2D eigenvalue weighted by molar-refractivity contribution is -0.385. The molecule has 3 rings (SSSR count). The van der Waals surface area contributed by atoms with Crippen LogP contribution in [-0.2, 0) is 6.18 Å². The third-order valence-corrected chi connectivity index (χ3v) is 4.43. The molecule has 0 unspecified atom stereocenters. The van der Waals surface area contributed by atoms with E-state index in [0.717, 1.165) is 19.2 Å². The number of halogens is 4. The second kappa shape index (κ2) is 6.56. The summed E-state index contributed by atoms with van der Waals surface area (Å²) in [4.78, 5) is 24.1. The Morgan fingerprint density at radius 2 is 1.83 bits per heavy atom. The summed E-state index contributed by atoms with van der Waals surface area (Å²) in [6.45, 7) is 2.50. The van der Waals surface area contributed by atoms with Crippen LogP contribution in [0, 0.1) is 22.0 Å². The smallest absolute Gasteiger partial charge is 0.338 e. The molecule has 2 saturated heterocycles. The van der Waals surface area contributed by atoms with Gasteiger partial charge in [0.2, 0.25) is 0 Å². The highest BCUT2D eigenvalue weighted by molar-refractivity contribution is 5.98. The van der Waals surface area contributed by atoms with Crippen LogP contribution in [0.4, 0.5) is 18.9 Å². The van der Waals surface area contributed by atoms with Gasteiger partial charge in [-0.15, -0.1) is 12.4 Å². The molecule has 2 heterocycles. The number of alkyl halides is 3. The summed E-state index contributed by atoms with van der Waals surface area (Å²) < 4.78 is 38.1. The number of nitro groups is 1. The maximum Gasteiger partial charge on any atom is 0.416 e. The molecular weight excluding hydrogens is 351 g/mol. The molecule has 0 spiro atoms. The second-order valence-corrected chi connectivity index (χ2v) is 5.88. The van der Waals surface area contributed by atoms with Crippen LogP contribution in [0.5, 0.6) is 0 Å². The van der Waals surface area contributed by atoms with Gasteiger partial charge in [0.1, 0.15) is 5.56 Å². The van der Waals surface area contributed by atoms with E-state index in [1.807, 2.05) is 0 Å². The first-order valence-electron chi connectivity index (χ1n) is 7.13. The summed E-state index contributed by atoms with van der Waals surface area (Å²) in [5.41, 5.74) is -2.24. The number of hydrogen-bond acceptors (Lipinski definition) is 4. The van der Waals surface area contributed by atoms with Crippen LogP contribution in [-0.4, -0.2) is 41.9 Å². The highest BCUT2D eigenvalue weighted by Crippen LogP contribution is 2.34. The largest absolute Gasteiger partial charge is 0.416 e. The number of hydrogen-bond donors (Lipinski definition) is 1. The number of fused-ring (bicyclic) bond motifs is 1. The Morgan fingerprint density at radius 1 is 1.25 bits per heavy atom. The fourth-order valence-corrected chi connectivity index (χ4v) is 3.23. The van der Waals surface area contributed by atoms with E-state index in [1.54, 1.807) is 0 Å². The molecule has 0 aliphatic carbocycles. The molecule has 0 aromatic heterocycles. The molecule has 6 nitrogen and oxygen atoms in total. The third kappa shape index (κ3) is 3.32.